The molecule has 11 heteroatoms. The van der Waals surface area contributed by atoms with E-state index in [2.05, 4.69) is 40.8 Å². The zero-order valence-electron chi connectivity index (χ0n) is 19.0. The minimum atomic E-state index is 0.0788. The van der Waals surface area contributed by atoms with E-state index in [0.29, 0.717) is 35.7 Å². The largest absolute Gasteiger partial charge is 0.460 e. The molecule has 2 aromatic carbocycles. The summed E-state index contributed by atoms with van der Waals surface area (Å²) in [6.45, 7) is 4.61. The number of nitrogens with one attached hydrogen (secondary N) is 2. The Labute approximate surface area is 199 Å². The lowest BCUT2D eigenvalue weighted by molar-refractivity contribution is 0.245. The molecule has 5 aromatic rings. The molecule has 174 valence electrons. The normalized spacial score (nSPS) is 15.1. The van der Waals surface area contributed by atoms with Crippen molar-refractivity contribution in [1.29, 1.82) is 0 Å². The fourth-order valence-corrected chi connectivity index (χ4v) is 3.76. The third-order valence-corrected chi connectivity index (χ3v) is 5.51. The van der Waals surface area contributed by atoms with E-state index in [0.717, 1.165) is 27.8 Å². The Bertz CT molecular complexity index is 1580. The monoisotopic (exact) mass is 467 g/mol. The third kappa shape index (κ3) is 4.26. The lowest BCUT2D eigenvalue weighted by atomic mass is 10.1. The zero-order valence-corrected chi connectivity index (χ0v) is 19.0. The lowest BCUT2D eigenvalue weighted by Crippen LogP contribution is -2.15. The van der Waals surface area contributed by atoms with Crippen LogP contribution in [0.4, 0.5) is 17.2 Å². The van der Waals surface area contributed by atoms with Crippen molar-refractivity contribution in [2.45, 2.75) is 20.0 Å². The molecule has 1 unspecified atom stereocenters. The van der Waals surface area contributed by atoms with Gasteiger partial charge in [0.25, 0.3) is 6.02 Å². The van der Waals surface area contributed by atoms with Crippen molar-refractivity contribution < 1.29 is 9.47 Å². The number of amidine groups is 1. The van der Waals surface area contributed by atoms with Crippen molar-refractivity contribution in [2.75, 3.05) is 17.2 Å². The maximum atomic E-state index is 5.97. The molecule has 0 amide bonds. The number of aromatic nitrogens is 6. The van der Waals surface area contributed by atoms with Gasteiger partial charge in [0.15, 0.2) is 5.65 Å². The van der Waals surface area contributed by atoms with Crippen LogP contribution in [0.25, 0.3) is 16.6 Å². The van der Waals surface area contributed by atoms with Crippen LogP contribution in [-0.2, 0) is 4.74 Å². The van der Waals surface area contributed by atoms with Crippen LogP contribution in [0.3, 0.4) is 0 Å². The molecule has 0 fully saturated rings. The van der Waals surface area contributed by atoms with E-state index in [1.165, 1.54) is 0 Å². The number of fused-ring (bicyclic) bond motifs is 2. The number of hydrogen-bond acceptors (Lipinski definition) is 10. The van der Waals surface area contributed by atoms with E-state index in [1.807, 2.05) is 50.2 Å². The summed E-state index contributed by atoms with van der Waals surface area (Å²) in [5.74, 6) is 1.83. The third-order valence-electron chi connectivity index (χ3n) is 5.51. The summed E-state index contributed by atoms with van der Waals surface area (Å²) in [4.78, 5) is 17.5. The first-order valence-electron chi connectivity index (χ1n) is 11.0. The number of aliphatic imine (C=N–C) groups is 1. The molecule has 0 radical (unpaired) electrons. The standard InChI is InChI=1S/C24H21N9O2/c1-14-7-16(4-6-20(14)35-22-9-21-32-29-13-33(21)12-28-22)30-23-18-8-17(3-5-19(18)26-11-27-23)31-24-25-10-15(2)34-24/h3-9,11-13,15H,10H2,1-2H3,(H,25,31)(H,26,27,30). The molecule has 0 bridgehead atoms. The second kappa shape index (κ2) is 8.52. The Morgan fingerprint density at radius 2 is 1.89 bits per heavy atom. The predicted octanol–water partition coefficient (Wildman–Crippen LogP) is 4.10. The molecule has 35 heavy (non-hydrogen) atoms. The van der Waals surface area contributed by atoms with Gasteiger partial charge in [-0.1, -0.05) is 0 Å². The lowest BCUT2D eigenvalue weighted by Gasteiger charge is -2.13. The smallest absolute Gasteiger partial charge is 0.289 e. The van der Waals surface area contributed by atoms with Crippen molar-refractivity contribution in [3.63, 3.8) is 0 Å². The molecule has 1 atom stereocenters. The van der Waals surface area contributed by atoms with Gasteiger partial charge < -0.3 is 20.1 Å². The molecule has 1 aliphatic rings. The molecule has 0 saturated carbocycles. The van der Waals surface area contributed by atoms with Gasteiger partial charge in [0.05, 0.1) is 12.1 Å². The van der Waals surface area contributed by atoms with E-state index in [1.54, 1.807) is 29.4 Å². The SMILES string of the molecule is Cc1cc(Nc2ncnc3ccc(NC4=NCC(C)O4)cc23)ccc1Oc1cc2nncn2cn1. The van der Waals surface area contributed by atoms with E-state index in [-0.39, 0.29) is 6.10 Å². The van der Waals surface area contributed by atoms with Crippen LogP contribution in [0.5, 0.6) is 11.6 Å². The molecule has 11 nitrogen and oxygen atoms in total. The average Bonchev–Trinajstić information content (AvgIpc) is 3.49. The van der Waals surface area contributed by atoms with Gasteiger partial charge in [-0.15, -0.1) is 10.2 Å². The van der Waals surface area contributed by atoms with Crippen molar-refractivity contribution in [2.24, 2.45) is 4.99 Å². The summed E-state index contributed by atoms with van der Waals surface area (Å²) < 4.78 is 13.3. The summed E-state index contributed by atoms with van der Waals surface area (Å²) in [5, 5.41) is 15.4. The fraction of sp³-hybridized carbons (Fsp3) is 0.167. The summed E-state index contributed by atoms with van der Waals surface area (Å²) in [5.41, 5.74) is 4.13. The highest BCUT2D eigenvalue weighted by Gasteiger charge is 2.15. The number of aryl methyl sites for hydroxylation is 1. The summed E-state index contributed by atoms with van der Waals surface area (Å²) in [6, 6.07) is 13.9. The highest BCUT2D eigenvalue weighted by atomic mass is 16.5. The first kappa shape index (κ1) is 20.8. The predicted molar refractivity (Wildman–Crippen MR) is 131 cm³/mol. The number of nitrogens with zero attached hydrogens (tertiary/aromatic N) is 7. The van der Waals surface area contributed by atoms with Crippen LogP contribution in [0, 0.1) is 6.92 Å². The first-order chi connectivity index (χ1) is 17.1. The van der Waals surface area contributed by atoms with Gasteiger partial charge in [-0.2, -0.15) is 0 Å². The Balaban J connectivity index is 1.23. The van der Waals surface area contributed by atoms with Crippen molar-refractivity contribution in [1.82, 2.24) is 29.5 Å². The molecule has 0 spiro atoms. The summed E-state index contributed by atoms with van der Waals surface area (Å²) in [7, 11) is 0. The molecule has 4 heterocycles. The molecular weight excluding hydrogens is 446 g/mol. The zero-order chi connectivity index (χ0) is 23.8. The minimum absolute atomic E-state index is 0.0788. The second-order valence-electron chi connectivity index (χ2n) is 8.18. The van der Waals surface area contributed by atoms with Crippen molar-refractivity contribution >= 4 is 39.8 Å². The van der Waals surface area contributed by atoms with Gasteiger partial charge in [-0.05, 0) is 55.8 Å². The Morgan fingerprint density at radius 1 is 1.00 bits per heavy atom. The minimum Gasteiger partial charge on any atom is -0.460 e. The molecular formula is C24H21N9O2. The van der Waals surface area contributed by atoms with Gasteiger partial charge in [0.1, 0.15) is 36.7 Å². The maximum absolute atomic E-state index is 5.97. The molecule has 0 saturated heterocycles. The summed E-state index contributed by atoms with van der Waals surface area (Å²) in [6.07, 6.45) is 4.83. The Hall–Kier alpha value is -4.80. The fourth-order valence-electron chi connectivity index (χ4n) is 3.76. The number of rotatable bonds is 5. The topological polar surface area (TPSA) is 124 Å². The Morgan fingerprint density at radius 3 is 2.74 bits per heavy atom. The number of benzene rings is 2. The van der Waals surface area contributed by atoms with E-state index >= 15 is 0 Å². The van der Waals surface area contributed by atoms with E-state index in [9.17, 15) is 0 Å². The number of ether oxygens (including phenoxy) is 2. The number of anilines is 3. The first-order valence-corrected chi connectivity index (χ1v) is 11.0. The van der Waals surface area contributed by atoms with Gasteiger partial charge in [0, 0.05) is 22.8 Å². The quantitative estimate of drug-likeness (QED) is 0.393. The summed E-state index contributed by atoms with van der Waals surface area (Å²) >= 11 is 0. The maximum Gasteiger partial charge on any atom is 0.289 e. The van der Waals surface area contributed by atoms with E-state index in [4.69, 9.17) is 9.47 Å². The van der Waals surface area contributed by atoms with Gasteiger partial charge in [-0.25, -0.2) is 19.9 Å². The van der Waals surface area contributed by atoms with Crippen LogP contribution < -0.4 is 15.4 Å². The van der Waals surface area contributed by atoms with Crippen LogP contribution >= 0.6 is 0 Å². The highest BCUT2D eigenvalue weighted by molar-refractivity contribution is 5.97. The second-order valence-corrected chi connectivity index (χ2v) is 8.18. The van der Waals surface area contributed by atoms with Crippen LogP contribution in [-0.4, -0.2) is 48.2 Å². The van der Waals surface area contributed by atoms with Gasteiger partial charge in [0.2, 0.25) is 5.88 Å². The molecule has 3 aromatic heterocycles. The van der Waals surface area contributed by atoms with Crippen LogP contribution in [0.2, 0.25) is 0 Å². The van der Waals surface area contributed by atoms with Crippen molar-refractivity contribution in [3.05, 3.63) is 67.0 Å². The molecule has 1 aliphatic heterocycles. The van der Waals surface area contributed by atoms with E-state index < -0.39 is 0 Å². The van der Waals surface area contributed by atoms with Gasteiger partial charge in [-0.3, -0.25) is 4.40 Å². The molecule has 0 aliphatic carbocycles. The van der Waals surface area contributed by atoms with Crippen molar-refractivity contribution in [3.8, 4) is 11.6 Å². The number of hydrogen-bond donors (Lipinski definition) is 2. The Kier molecular flexibility index (Phi) is 5.06. The molecule has 6 rings (SSSR count). The highest BCUT2D eigenvalue weighted by Crippen LogP contribution is 2.30. The average molecular weight is 467 g/mol. The molecule has 2 N–H and O–H groups in total. The van der Waals surface area contributed by atoms with Crippen LogP contribution in [0.15, 0.2) is 66.4 Å². The van der Waals surface area contributed by atoms with Gasteiger partial charge >= 0.3 is 0 Å². The van der Waals surface area contributed by atoms with Crippen LogP contribution in [0.1, 0.15) is 12.5 Å².